The van der Waals surface area contributed by atoms with Crippen molar-refractivity contribution in [1.29, 1.82) is 0 Å². The maximum Gasteiger partial charge on any atom is 0.322 e. The average molecular weight is 324 g/mol. The number of hydrogen-bond donors (Lipinski definition) is 4. The molecule has 0 spiro atoms. The van der Waals surface area contributed by atoms with Crippen LogP contribution in [0.25, 0.3) is 11.2 Å². The van der Waals surface area contributed by atoms with E-state index in [2.05, 4.69) is 25.3 Å². The van der Waals surface area contributed by atoms with Crippen LogP contribution in [0.2, 0.25) is 0 Å². The molecule has 5 N–H and O–H groups in total. The van der Waals surface area contributed by atoms with Gasteiger partial charge in [-0.15, -0.1) is 11.8 Å². The van der Waals surface area contributed by atoms with Crippen LogP contribution in [-0.2, 0) is 9.59 Å². The molecular formula is C12H16N6O3S. The zero-order chi connectivity index (χ0) is 15.9. The van der Waals surface area contributed by atoms with Gasteiger partial charge in [0.15, 0.2) is 5.65 Å². The lowest BCUT2D eigenvalue weighted by Gasteiger charge is -2.04. The summed E-state index contributed by atoms with van der Waals surface area (Å²) >= 11 is 1.51. The minimum absolute atomic E-state index is 0.176. The maximum absolute atomic E-state index is 11.3. The second-order valence-corrected chi connectivity index (χ2v) is 5.55. The summed E-state index contributed by atoms with van der Waals surface area (Å²) in [5, 5.41) is 11.5. The number of nitrogen functional groups attached to an aromatic ring is 1. The molecule has 0 saturated carbocycles. The molecule has 0 bridgehead atoms. The smallest absolute Gasteiger partial charge is 0.322 e. The van der Waals surface area contributed by atoms with Crippen LogP contribution in [0.4, 0.5) is 5.95 Å². The van der Waals surface area contributed by atoms with Gasteiger partial charge in [0.25, 0.3) is 0 Å². The Bertz CT molecular complexity index is 674. The molecule has 0 aliphatic rings. The van der Waals surface area contributed by atoms with Gasteiger partial charge in [0.1, 0.15) is 17.1 Å². The predicted octanol–water partition coefficient (Wildman–Crippen LogP) is 0.398. The molecule has 0 saturated heterocycles. The fourth-order valence-corrected chi connectivity index (χ4v) is 2.74. The molecule has 118 valence electrons. The number of carbonyl (C=O) groups is 2. The highest BCUT2D eigenvalue weighted by molar-refractivity contribution is 7.99. The number of hydrogen-bond acceptors (Lipinski definition) is 7. The van der Waals surface area contributed by atoms with E-state index in [0.717, 1.165) is 22.7 Å². The first-order valence-electron chi connectivity index (χ1n) is 6.64. The van der Waals surface area contributed by atoms with Crippen LogP contribution >= 0.6 is 11.8 Å². The highest BCUT2D eigenvalue weighted by atomic mass is 32.2. The van der Waals surface area contributed by atoms with Crippen molar-refractivity contribution in [3.8, 4) is 0 Å². The van der Waals surface area contributed by atoms with Crippen molar-refractivity contribution in [1.82, 2.24) is 25.3 Å². The van der Waals surface area contributed by atoms with Gasteiger partial charge >= 0.3 is 5.97 Å². The van der Waals surface area contributed by atoms with E-state index in [1.165, 1.54) is 18.1 Å². The highest BCUT2D eigenvalue weighted by Gasteiger charge is 2.09. The van der Waals surface area contributed by atoms with E-state index < -0.39 is 5.97 Å². The molecule has 2 aromatic rings. The lowest BCUT2D eigenvalue weighted by atomic mass is 10.2. The summed E-state index contributed by atoms with van der Waals surface area (Å²) < 4.78 is 0. The SMILES string of the molecule is Nc1nc(SCCCCC(=O)NCC(=O)O)c2[nH]cnc2n1. The van der Waals surface area contributed by atoms with Crippen molar-refractivity contribution >= 4 is 40.8 Å². The Labute approximate surface area is 130 Å². The van der Waals surface area contributed by atoms with Gasteiger partial charge in [-0.2, -0.15) is 4.98 Å². The van der Waals surface area contributed by atoms with Gasteiger partial charge in [0, 0.05) is 6.42 Å². The Hall–Kier alpha value is -2.36. The number of thioether (sulfide) groups is 1. The van der Waals surface area contributed by atoms with Gasteiger partial charge in [-0.3, -0.25) is 9.59 Å². The number of aliphatic carboxylic acids is 1. The van der Waals surface area contributed by atoms with Crippen LogP contribution in [0.1, 0.15) is 19.3 Å². The molecule has 0 radical (unpaired) electrons. The predicted molar refractivity (Wildman–Crippen MR) is 81.3 cm³/mol. The average Bonchev–Trinajstić information content (AvgIpc) is 2.92. The fraction of sp³-hybridized carbons (Fsp3) is 0.417. The number of carboxylic acid groups (broad SMARTS) is 1. The van der Waals surface area contributed by atoms with E-state index in [4.69, 9.17) is 10.8 Å². The molecule has 2 rings (SSSR count). The Balaban J connectivity index is 1.73. The molecule has 0 aromatic carbocycles. The number of fused-ring (bicyclic) bond motifs is 1. The summed E-state index contributed by atoms with van der Waals surface area (Å²) in [4.78, 5) is 36.8. The minimum atomic E-state index is -1.05. The Morgan fingerprint density at radius 2 is 2.18 bits per heavy atom. The molecule has 2 aromatic heterocycles. The first kappa shape index (κ1) is 16.0. The number of anilines is 1. The number of H-pyrrole nitrogens is 1. The van der Waals surface area contributed by atoms with Crippen molar-refractivity contribution in [2.75, 3.05) is 18.0 Å². The number of aromatic nitrogens is 4. The Morgan fingerprint density at radius 1 is 1.36 bits per heavy atom. The van der Waals surface area contributed by atoms with E-state index in [1.54, 1.807) is 0 Å². The number of nitrogens with two attached hydrogens (primary N) is 1. The van der Waals surface area contributed by atoms with Crippen molar-refractivity contribution in [2.45, 2.75) is 24.3 Å². The van der Waals surface area contributed by atoms with Crippen LogP contribution in [0.3, 0.4) is 0 Å². The number of unbranched alkanes of at least 4 members (excludes halogenated alkanes) is 1. The van der Waals surface area contributed by atoms with Crippen LogP contribution in [0, 0.1) is 0 Å². The molecule has 10 heteroatoms. The number of carbonyl (C=O) groups excluding carboxylic acids is 1. The van der Waals surface area contributed by atoms with Gasteiger partial charge in [-0.1, -0.05) is 0 Å². The Morgan fingerprint density at radius 3 is 2.95 bits per heavy atom. The monoisotopic (exact) mass is 324 g/mol. The summed E-state index contributed by atoms with van der Waals surface area (Å²) in [5.41, 5.74) is 6.90. The number of imidazole rings is 1. The molecule has 9 nitrogen and oxygen atoms in total. The van der Waals surface area contributed by atoms with Crippen molar-refractivity contribution < 1.29 is 14.7 Å². The molecule has 0 aliphatic heterocycles. The van der Waals surface area contributed by atoms with E-state index in [9.17, 15) is 9.59 Å². The summed E-state index contributed by atoms with van der Waals surface area (Å²) in [6.45, 7) is -0.342. The van der Waals surface area contributed by atoms with Gasteiger partial charge in [0.2, 0.25) is 11.9 Å². The molecule has 0 aliphatic carbocycles. The standard InChI is InChI=1S/C12H16N6O3S/c13-12-17-10-9(15-6-16-10)11(18-12)22-4-2-1-3-7(19)14-5-8(20)21/h6H,1-5H2,(H,14,19)(H,20,21)(H3,13,15,16,17,18). The molecule has 0 fully saturated rings. The van der Waals surface area contributed by atoms with Crippen LogP contribution in [-0.4, -0.2) is 49.2 Å². The number of amides is 1. The third-order valence-electron chi connectivity index (χ3n) is 2.74. The zero-order valence-electron chi connectivity index (χ0n) is 11.7. The van der Waals surface area contributed by atoms with E-state index in [1.807, 2.05) is 0 Å². The maximum atomic E-state index is 11.3. The van der Waals surface area contributed by atoms with Gasteiger partial charge in [-0.25, -0.2) is 9.97 Å². The second-order valence-electron chi connectivity index (χ2n) is 4.46. The number of carboxylic acids is 1. The van der Waals surface area contributed by atoms with E-state index in [-0.39, 0.29) is 18.4 Å². The largest absolute Gasteiger partial charge is 0.480 e. The molecule has 1 amide bonds. The first-order chi connectivity index (χ1) is 10.6. The fourth-order valence-electron chi connectivity index (χ4n) is 1.75. The van der Waals surface area contributed by atoms with E-state index in [0.29, 0.717) is 18.5 Å². The van der Waals surface area contributed by atoms with Gasteiger partial charge in [0.05, 0.1) is 6.33 Å². The molecule has 0 atom stereocenters. The third-order valence-corrected chi connectivity index (χ3v) is 3.81. The van der Waals surface area contributed by atoms with Crippen molar-refractivity contribution in [3.63, 3.8) is 0 Å². The van der Waals surface area contributed by atoms with Crippen LogP contribution in [0.5, 0.6) is 0 Å². The normalized spacial score (nSPS) is 10.7. The zero-order valence-corrected chi connectivity index (χ0v) is 12.5. The van der Waals surface area contributed by atoms with Crippen LogP contribution in [0.15, 0.2) is 11.4 Å². The quantitative estimate of drug-likeness (QED) is 0.310. The lowest BCUT2D eigenvalue weighted by Crippen LogP contribution is -2.28. The first-order valence-corrected chi connectivity index (χ1v) is 7.62. The van der Waals surface area contributed by atoms with Crippen molar-refractivity contribution in [3.05, 3.63) is 6.33 Å². The van der Waals surface area contributed by atoms with Crippen molar-refractivity contribution in [2.24, 2.45) is 0 Å². The number of rotatable bonds is 8. The summed E-state index contributed by atoms with van der Waals surface area (Å²) in [7, 11) is 0. The second kappa shape index (κ2) is 7.59. The number of nitrogens with zero attached hydrogens (tertiary/aromatic N) is 3. The lowest BCUT2D eigenvalue weighted by molar-refractivity contribution is -0.137. The number of aromatic amines is 1. The topological polar surface area (TPSA) is 147 Å². The van der Waals surface area contributed by atoms with Gasteiger partial charge in [-0.05, 0) is 18.6 Å². The summed E-state index contributed by atoms with van der Waals surface area (Å²) in [6, 6.07) is 0. The number of nitrogens with one attached hydrogen (secondary N) is 2. The van der Waals surface area contributed by atoms with Crippen LogP contribution < -0.4 is 11.1 Å². The minimum Gasteiger partial charge on any atom is -0.480 e. The van der Waals surface area contributed by atoms with Gasteiger partial charge < -0.3 is 21.1 Å². The van der Waals surface area contributed by atoms with E-state index >= 15 is 0 Å². The highest BCUT2D eigenvalue weighted by Crippen LogP contribution is 2.24. The third kappa shape index (κ3) is 4.58. The molecular weight excluding hydrogens is 308 g/mol. The molecule has 0 unspecified atom stereocenters. The summed E-state index contributed by atoms with van der Waals surface area (Å²) in [5.74, 6) is -0.366. The summed E-state index contributed by atoms with van der Waals surface area (Å²) in [6.07, 6.45) is 3.31. The Kier molecular flexibility index (Phi) is 5.53. The molecule has 2 heterocycles. The molecule has 22 heavy (non-hydrogen) atoms.